The molecular formula is C11H18F2N2O3. The first kappa shape index (κ1) is 13.5. The van der Waals surface area contributed by atoms with Crippen LogP contribution < -0.4 is 5.32 Å². The number of ether oxygens (including phenoxy) is 1. The van der Waals surface area contributed by atoms with Crippen molar-refractivity contribution >= 4 is 6.09 Å². The van der Waals surface area contributed by atoms with E-state index in [4.69, 9.17) is 9.84 Å². The molecule has 2 heterocycles. The summed E-state index contributed by atoms with van der Waals surface area (Å²) in [4.78, 5) is 12.3. The van der Waals surface area contributed by atoms with Gasteiger partial charge >= 0.3 is 6.09 Å². The Morgan fingerprint density at radius 1 is 1.33 bits per heavy atom. The van der Waals surface area contributed by atoms with Gasteiger partial charge in [0.25, 0.3) is 0 Å². The summed E-state index contributed by atoms with van der Waals surface area (Å²) in [5, 5.41) is 10.7. The van der Waals surface area contributed by atoms with E-state index in [0.29, 0.717) is 26.0 Å². The minimum atomic E-state index is -1.29. The van der Waals surface area contributed by atoms with Crippen molar-refractivity contribution in [1.82, 2.24) is 10.2 Å². The topological polar surface area (TPSA) is 61.8 Å². The Balaban J connectivity index is 1.88. The second-order valence-electron chi connectivity index (χ2n) is 4.80. The molecule has 0 aliphatic carbocycles. The van der Waals surface area contributed by atoms with E-state index >= 15 is 0 Å². The van der Waals surface area contributed by atoms with Gasteiger partial charge in [0, 0.05) is 25.7 Å². The smallest absolute Gasteiger partial charge is 0.404 e. The van der Waals surface area contributed by atoms with Gasteiger partial charge in [-0.15, -0.1) is 0 Å². The zero-order valence-corrected chi connectivity index (χ0v) is 10.0. The van der Waals surface area contributed by atoms with Gasteiger partial charge in [-0.05, 0) is 12.8 Å². The molecule has 0 aromatic heterocycles. The normalized spacial score (nSPS) is 38.3. The lowest BCUT2D eigenvalue weighted by Gasteiger charge is -2.41. The number of nitrogens with zero attached hydrogens (tertiary/aromatic N) is 1. The fourth-order valence-corrected chi connectivity index (χ4v) is 2.65. The zero-order valence-electron chi connectivity index (χ0n) is 10.0. The Morgan fingerprint density at radius 2 is 2.11 bits per heavy atom. The van der Waals surface area contributed by atoms with E-state index in [-0.39, 0.29) is 19.2 Å². The van der Waals surface area contributed by atoms with Crippen LogP contribution in [0.4, 0.5) is 13.6 Å². The maximum absolute atomic E-state index is 13.8. The number of piperidine rings is 1. The quantitative estimate of drug-likeness (QED) is 0.774. The molecular weight excluding hydrogens is 246 g/mol. The highest BCUT2D eigenvalue weighted by Crippen LogP contribution is 2.23. The number of alkyl halides is 2. The molecule has 1 amide bonds. The Kier molecular flexibility index (Phi) is 4.34. The van der Waals surface area contributed by atoms with Gasteiger partial charge < -0.3 is 15.2 Å². The molecule has 0 bridgehead atoms. The van der Waals surface area contributed by atoms with E-state index in [1.165, 1.54) is 0 Å². The van der Waals surface area contributed by atoms with E-state index in [9.17, 15) is 13.6 Å². The number of hydrogen-bond acceptors (Lipinski definition) is 3. The number of carbonyl (C=O) groups is 1. The number of amides is 1. The second kappa shape index (κ2) is 5.79. The number of hydrogen-bond donors (Lipinski definition) is 2. The third-order valence-electron chi connectivity index (χ3n) is 3.60. The van der Waals surface area contributed by atoms with Crippen LogP contribution >= 0.6 is 0 Å². The molecule has 0 saturated carbocycles. The maximum Gasteiger partial charge on any atom is 0.404 e. The second-order valence-corrected chi connectivity index (χ2v) is 4.80. The average Bonchev–Trinajstić information content (AvgIpc) is 2.32. The molecule has 2 aliphatic rings. The molecule has 4 unspecified atom stereocenters. The summed E-state index contributed by atoms with van der Waals surface area (Å²) in [6.07, 6.45) is -2.66. The lowest BCUT2D eigenvalue weighted by molar-refractivity contribution is -0.0450. The predicted molar refractivity (Wildman–Crippen MR) is 60.2 cm³/mol. The van der Waals surface area contributed by atoms with Crippen LogP contribution in [0.5, 0.6) is 0 Å². The molecule has 7 heteroatoms. The molecule has 0 aromatic carbocycles. The summed E-state index contributed by atoms with van der Waals surface area (Å²) in [6.45, 7) is 1.15. The van der Waals surface area contributed by atoms with Gasteiger partial charge in [0.2, 0.25) is 0 Å². The first-order valence-corrected chi connectivity index (χ1v) is 6.17. The highest BCUT2D eigenvalue weighted by Gasteiger charge is 2.37. The van der Waals surface area contributed by atoms with Crippen LogP contribution in [0.15, 0.2) is 0 Å². The van der Waals surface area contributed by atoms with Crippen LogP contribution in [-0.4, -0.2) is 66.8 Å². The predicted octanol–water partition coefficient (Wildman–Crippen LogP) is 0.793. The van der Waals surface area contributed by atoms with Crippen molar-refractivity contribution in [2.45, 2.75) is 37.3 Å². The van der Waals surface area contributed by atoms with E-state index in [2.05, 4.69) is 5.32 Å². The van der Waals surface area contributed by atoms with Crippen molar-refractivity contribution in [2.75, 3.05) is 26.3 Å². The molecule has 2 rings (SSSR count). The highest BCUT2D eigenvalue weighted by molar-refractivity contribution is 5.64. The number of rotatable bonds is 2. The number of nitrogens with one attached hydrogen (secondary N) is 1. The molecule has 2 saturated heterocycles. The van der Waals surface area contributed by atoms with Crippen LogP contribution in [-0.2, 0) is 4.74 Å². The number of carboxylic acid groups (broad SMARTS) is 1. The van der Waals surface area contributed by atoms with E-state index < -0.39 is 24.5 Å². The Labute approximate surface area is 104 Å². The fraction of sp³-hybridized carbons (Fsp3) is 0.909. The molecule has 0 aromatic rings. The van der Waals surface area contributed by atoms with E-state index in [0.717, 1.165) is 0 Å². The van der Waals surface area contributed by atoms with Gasteiger partial charge in [0.1, 0.15) is 12.3 Å². The van der Waals surface area contributed by atoms with Crippen LogP contribution in [0.2, 0.25) is 0 Å². The van der Waals surface area contributed by atoms with Gasteiger partial charge in [-0.3, -0.25) is 4.90 Å². The van der Waals surface area contributed by atoms with Gasteiger partial charge in [0.05, 0.1) is 12.6 Å². The molecule has 5 nitrogen and oxygen atoms in total. The minimum Gasteiger partial charge on any atom is -0.465 e. The van der Waals surface area contributed by atoms with Crippen LogP contribution in [0.1, 0.15) is 12.8 Å². The van der Waals surface area contributed by atoms with Crippen LogP contribution in [0, 0.1) is 0 Å². The molecule has 104 valence electrons. The summed E-state index contributed by atoms with van der Waals surface area (Å²) < 4.78 is 32.5. The van der Waals surface area contributed by atoms with Gasteiger partial charge in [-0.1, -0.05) is 0 Å². The SMILES string of the molecule is O=C(O)NC1CCN(C2CCOCC2F)CC1F. The summed E-state index contributed by atoms with van der Waals surface area (Å²) in [5.74, 6) is 0. The minimum absolute atomic E-state index is 0.0644. The van der Waals surface area contributed by atoms with Crippen molar-refractivity contribution in [3.63, 3.8) is 0 Å². The van der Waals surface area contributed by atoms with Gasteiger partial charge in [-0.25, -0.2) is 13.6 Å². The molecule has 0 radical (unpaired) electrons. The fourth-order valence-electron chi connectivity index (χ4n) is 2.65. The summed E-state index contributed by atoms with van der Waals surface area (Å²) >= 11 is 0. The Bertz CT molecular complexity index is 306. The third-order valence-corrected chi connectivity index (χ3v) is 3.60. The average molecular weight is 264 g/mol. The van der Waals surface area contributed by atoms with Crippen molar-refractivity contribution in [3.8, 4) is 0 Å². The molecule has 2 fully saturated rings. The van der Waals surface area contributed by atoms with Crippen molar-refractivity contribution < 1.29 is 23.4 Å². The largest absolute Gasteiger partial charge is 0.465 e. The number of halogens is 2. The summed E-state index contributed by atoms with van der Waals surface area (Å²) in [7, 11) is 0. The molecule has 2 aliphatic heterocycles. The Hall–Kier alpha value is -0.950. The molecule has 18 heavy (non-hydrogen) atoms. The highest BCUT2D eigenvalue weighted by atomic mass is 19.1. The molecule has 4 atom stereocenters. The van der Waals surface area contributed by atoms with Crippen molar-refractivity contribution in [3.05, 3.63) is 0 Å². The molecule has 2 N–H and O–H groups in total. The van der Waals surface area contributed by atoms with E-state index in [1.54, 1.807) is 4.90 Å². The van der Waals surface area contributed by atoms with Crippen molar-refractivity contribution in [2.24, 2.45) is 0 Å². The van der Waals surface area contributed by atoms with Crippen LogP contribution in [0.3, 0.4) is 0 Å². The van der Waals surface area contributed by atoms with E-state index in [1.807, 2.05) is 0 Å². The zero-order chi connectivity index (χ0) is 13.1. The monoisotopic (exact) mass is 264 g/mol. The lowest BCUT2D eigenvalue weighted by atomic mass is 9.97. The Morgan fingerprint density at radius 3 is 2.72 bits per heavy atom. The van der Waals surface area contributed by atoms with Crippen molar-refractivity contribution in [1.29, 1.82) is 0 Å². The van der Waals surface area contributed by atoms with Crippen LogP contribution in [0.25, 0.3) is 0 Å². The number of likely N-dealkylation sites (tertiary alicyclic amines) is 1. The summed E-state index contributed by atoms with van der Waals surface area (Å²) in [5.41, 5.74) is 0. The lowest BCUT2D eigenvalue weighted by Crippen LogP contribution is -2.57. The standard InChI is InChI=1S/C11H18F2N2O3/c12-7-5-15(3-1-9(7)14-11(16)17)10-2-4-18-6-8(10)13/h7-10,14H,1-6H2,(H,16,17). The van der Waals surface area contributed by atoms with Gasteiger partial charge in [-0.2, -0.15) is 0 Å². The summed E-state index contributed by atoms with van der Waals surface area (Å²) in [6, 6.07) is -0.987. The molecule has 0 spiro atoms. The third kappa shape index (κ3) is 3.08. The van der Waals surface area contributed by atoms with Gasteiger partial charge in [0.15, 0.2) is 0 Å². The first-order valence-electron chi connectivity index (χ1n) is 6.17. The maximum atomic E-state index is 13.8. The first-order chi connectivity index (χ1) is 8.58.